The van der Waals surface area contributed by atoms with Gasteiger partial charge in [0.25, 0.3) is 0 Å². The van der Waals surface area contributed by atoms with Crippen LogP contribution in [0, 0.1) is 0 Å². The number of benzene rings is 2. The molecule has 0 bridgehead atoms. The zero-order valence-corrected chi connectivity index (χ0v) is 15.4. The van der Waals surface area contributed by atoms with Crippen LogP contribution in [0.3, 0.4) is 0 Å². The molecule has 1 heterocycles. The molecule has 0 aliphatic carbocycles. The number of aliphatic hydroxyl groups excluding tert-OH is 1. The van der Waals surface area contributed by atoms with Gasteiger partial charge in [0.15, 0.2) is 0 Å². The topological polar surface area (TPSA) is 45.4 Å². The van der Waals surface area contributed by atoms with Crippen molar-refractivity contribution in [1.82, 2.24) is 5.32 Å². The Balaban J connectivity index is 0.00000225. The average molecular weight is 378 g/mol. The molecular weight excluding hydrogens is 357 g/mol. The number of nitrogens with one attached hydrogen (secondary N) is 1. The van der Waals surface area contributed by atoms with E-state index in [0.717, 1.165) is 22.6 Å². The van der Waals surface area contributed by atoms with Gasteiger partial charge < -0.3 is 14.8 Å². The Labute approximate surface area is 159 Å². The van der Waals surface area contributed by atoms with Crippen molar-refractivity contribution in [3.63, 3.8) is 0 Å². The molecule has 2 N–H and O–H groups in total. The molecule has 3 rings (SSSR count). The Kier molecular flexibility index (Phi) is 7.09. The van der Waals surface area contributed by atoms with Crippen LogP contribution >= 0.6 is 24.0 Å². The highest BCUT2D eigenvalue weighted by atomic mass is 35.5. The number of rotatable bonds is 6. The zero-order chi connectivity index (χ0) is 16.9. The first-order chi connectivity index (χ1) is 11.6. The van der Waals surface area contributed by atoms with Gasteiger partial charge in [0, 0.05) is 16.6 Å². The van der Waals surface area contributed by atoms with Gasteiger partial charge in [0.05, 0.1) is 12.6 Å². The predicted molar refractivity (Wildman–Crippen MR) is 104 cm³/mol. The summed E-state index contributed by atoms with van der Waals surface area (Å²) in [5.41, 5.74) is 1.85. The summed E-state index contributed by atoms with van der Waals surface area (Å²) in [6, 6.07) is 21.0. The minimum Gasteiger partial charge on any atom is -0.460 e. The highest BCUT2D eigenvalue weighted by Crippen LogP contribution is 2.25. The van der Waals surface area contributed by atoms with Crippen LogP contribution in [0.4, 0.5) is 0 Å². The molecule has 132 valence electrons. The van der Waals surface area contributed by atoms with Crippen molar-refractivity contribution in [1.29, 1.82) is 0 Å². The van der Waals surface area contributed by atoms with Crippen molar-refractivity contribution in [2.75, 3.05) is 0 Å². The third-order valence-corrected chi connectivity index (χ3v) is 4.22. The quantitative estimate of drug-likeness (QED) is 0.617. The molecular formula is C20H21Cl2NO2. The number of furan rings is 1. The van der Waals surface area contributed by atoms with Gasteiger partial charge in [-0.3, -0.25) is 0 Å². The fourth-order valence-corrected chi connectivity index (χ4v) is 2.77. The molecule has 0 amide bonds. The fraction of sp³-hybridized carbons (Fsp3) is 0.200. The van der Waals surface area contributed by atoms with E-state index in [1.54, 1.807) is 0 Å². The zero-order valence-electron chi connectivity index (χ0n) is 13.9. The van der Waals surface area contributed by atoms with Gasteiger partial charge in [-0.25, -0.2) is 0 Å². The SMILES string of the molecule is CC(NCc1ccc(-c2cccc(Cl)c2)o1)C(O)c1ccccc1.Cl. The molecule has 3 nitrogen and oxygen atoms in total. The first kappa shape index (κ1) is 19.5. The summed E-state index contributed by atoms with van der Waals surface area (Å²) in [6.45, 7) is 2.50. The summed E-state index contributed by atoms with van der Waals surface area (Å²) in [5, 5.41) is 14.4. The van der Waals surface area contributed by atoms with Crippen molar-refractivity contribution in [2.24, 2.45) is 0 Å². The van der Waals surface area contributed by atoms with Crippen LogP contribution in [0.25, 0.3) is 11.3 Å². The van der Waals surface area contributed by atoms with Gasteiger partial charge in [0.2, 0.25) is 0 Å². The van der Waals surface area contributed by atoms with Crippen LogP contribution in [0.1, 0.15) is 24.4 Å². The molecule has 5 heteroatoms. The first-order valence-electron chi connectivity index (χ1n) is 7.94. The van der Waals surface area contributed by atoms with E-state index in [1.165, 1.54) is 0 Å². The molecule has 3 aromatic rings. The summed E-state index contributed by atoms with van der Waals surface area (Å²) < 4.78 is 5.86. The standard InChI is InChI=1S/C20H20ClNO2.ClH/c1-14(20(23)15-6-3-2-4-7-15)22-13-18-10-11-19(24-18)16-8-5-9-17(21)12-16;/h2-12,14,20,22-23H,13H2,1H3;1H. The second-order valence-corrected chi connectivity index (χ2v) is 6.24. The average Bonchev–Trinajstić information content (AvgIpc) is 3.09. The molecule has 0 saturated carbocycles. The normalized spacial score (nSPS) is 13.1. The maximum absolute atomic E-state index is 10.4. The lowest BCUT2D eigenvalue weighted by Gasteiger charge is -2.20. The molecule has 0 aliphatic heterocycles. The summed E-state index contributed by atoms with van der Waals surface area (Å²) in [5.74, 6) is 1.60. The summed E-state index contributed by atoms with van der Waals surface area (Å²) in [7, 11) is 0. The summed E-state index contributed by atoms with van der Waals surface area (Å²) in [6.07, 6.45) is -0.562. The second kappa shape index (κ2) is 9.07. The Bertz CT molecular complexity index is 789. The van der Waals surface area contributed by atoms with Crippen molar-refractivity contribution in [3.05, 3.63) is 83.1 Å². The van der Waals surface area contributed by atoms with Gasteiger partial charge in [-0.1, -0.05) is 54.1 Å². The van der Waals surface area contributed by atoms with Gasteiger partial charge in [-0.05, 0) is 36.8 Å². The first-order valence-corrected chi connectivity index (χ1v) is 8.32. The Hall–Kier alpha value is -1.78. The van der Waals surface area contributed by atoms with Crippen molar-refractivity contribution >= 4 is 24.0 Å². The van der Waals surface area contributed by atoms with Gasteiger partial charge >= 0.3 is 0 Å². The Morgan fingerprint density at radius 3 is 2.52 bits per heavy atom. The number of aliphatic hydroxyl groups is 1. The van der Waals surface area contributed by atoms with E-state index in [0.29, 0.717) is 11.6 Å². The van der Waals surface area contributed by atoms with E-state index < -0.39 is 6.10 Å². The minimum atomic E-state index is -0.562. The Morgan fingerprint density at radius 2 is 1.80 bits per heavy atom. The van der Waals surface area contributed by atoms with E-state index in [4.69, 9.17) is 16.0 Å². The van der Waals surface area contributed by atoms with Gasteiger partial charge in [-0.2, -0.15) is 0 Å². The van der Waals surface area contributed by atoms with E-state index >= 15 is 0 Å². The number of hydrogen-bond acceptors (Lipinski definition) is 3. The van der Waals surface area contributed by atoms with E-state index in [1.807, 2.05) is 73.7 Å². The molecule has 0 fully saturated rings. The van der Waals surface area contributed by atoms with Crippen LogP contribution in [0.15, 0.2) is 71.1 Å². The lowest BCUT2D eigenvalue weighted by atomic mass is 10.0. The lowest BCUT2D eigenvalue weighted by molar-refractivity contribution is 0.134. The van der Waals surface area contributed by atoms with Crippen LogP contribution in [-0.2, 0) is 6.54 Å². The second-order valence-electron chi connectivity index (χ2n) is 5.80. The van der Waals surface area contributed by atoms with Crippen molar-refractivity contribution in [3.8, 4) is 11.3 Å². The van der Waals surface area contributed by atoms with Gasteiger partial charge in [0.1, 0.15) is 11.5 Å². The van der Waals surface area contributed by atoms with Crippen LogP contribution in [0.2, 0.25) is 5.02 Å². The predicted octanol–water partition coefficient (Wildman–Crippen LogP) is 5.23. The minimum absolute atomic E-state index is 0. The number of hydrogen-bond donors (Lipinski definition) is 2. The molecule has 2 atom stereocenters. The molecule has 0 saturated heterocycles. The molecule has 0 aliphatic rings. The van der Waals surface area contributed by atoms with Crippen LogP contribution in [-0.4, -0.2) is 11.1 Å². The maximum atomic E-state index is 10.4. The third-order valence-electron chi connectivity index (χ3n) is 3.98. The van der Waals surface area contributed by atoms with E-state index in [2.05, 4.69) is 5.32 Å². The molecule has 25 heavy (non-hydrogen) atoms. The van der Waals surface area contributed by atoms with E-state index in [-0.39, 0.29) is 18.4 Å². The van der Waals surface area contributed by atoms with Crippen molar-refractivity contribution in [2.45, 2.75) is 25.6 Å². The molecule has 2 aromatic carbocycles. The Morgan fingerprint density at radius 1 is 1.04 bits per heavy atom. The monoisotopic (exact) mass is 377 g/mol. The lowest BCUT2D eigenvalue weighted by Crippen LogP contribution is -2.31. The molecule has 0 radical (unpaired) electrons. The van der Waals surface area contributed by atoms with E-state index in [9.17, 15) is 5.11 Å². The smallest absolute Gasteiger partial charge is 0.134 e. The van der Waals surface area contributed by atoms with Crippen LogP contribution in [0.5, 0.6) is 0 Å². The third kappa shape index (κ3) is 5.10. The maximum Gasteiger partial charge on any atom is 0.134 e. The molecule has 1 aromatic heterocycles. The highest BCUT2D eigenvalue weighted by molar-refractivity contribution is 6.30. The number of halogens is 2. The fourth-order valence-electron chi connectivity index (χ4n) is 2.58. The largest absolute Gasteiger partial charge is 0.460 e. The molecule has 0 spiro atoms. The summed E-state index contributed by atoms with van der Waals surface area (Å²) in [4.78, 5) is 0. The van der Waals surface area contributed by atoms with Gasteiger partial charge in [-0.15, -0.1) is 12.4 Å². The summed E-state index contributed by atoms with van der Waals surface area (Å²) >= 11 is 6.02. The van der Waals surface area contributed by atoms with Crippen molar-refractivity contribution < 1.29 is 9.52 Å². The molecule has 2 unspecified atom stereocenters. The van der Waals surface area contributed by atoms with Crippen LogP contribution < -0.4 is 5.32 Å². The highest BCUT2D eigenvalue weighted by Gasteiger charge is 2.16.